The SMILES string of the molecule is CC[C@@H](Cc1ccc(OC)c(OCCCOC)c1)C[C@](C)(N)[C@@H](O)C[C@H](C(=O)NCC1(C(N)=O)CCCC1)C(C)C. The highest BCUT2D eigenvalue weighted by Crippen LogP contribution is 2.37. The number of nitrogens with one attached hydrogen (secondary N) is 1. The summed E-state index contributed by atoms with van der Waals surface area (Å²) in [5, 5.41) is 14.3. The quantitative estimate of drug-likeness (QED) is 0.182. The van der Waals surface area contributed by atoms with Crippen molar-refractivity contribution in [3.05, 3.63) is 23.8 Å². The molecule has 2 rings (SSSR count). The minimum absolute atomic E-state index is 0.00265. The molecule has 0 aliphatic heterocycles. The van der Waals surface area contributed by atoms with Crippen LogP contribution >= 0.6 is 0 Å². The highest BCUT2D eigenvalue weighted by molar-refractivity contribution is 5.83. The normalized spacial score (nSPS) is 18.4. The molecule has 1 fully saturated rings. The molecule has 6 N–H and O–H groups in total. The average molecular weight is 578 g/mol. The third-order valence-electron chi connectivity index (χ3n) is 8.87. The van der Waals surface area contributed by atoms with Crippen molar-refractivity contribution < 1.29 is 28.9 Å². The molecule has 9 heteroatoms. The second-order valence-corrected chi connectivity index (χ2v) is 12.5. The van der Waals surface area contributed by atoms with E-state index in [0.717, 1.165) is 37.7 Å². The van der Waals surface area contributed by atoms with Gasteiger partial charge in [-0.05, 0) is 68.6 Å². The van der Waals surface area contributed by atoms with Gasteiger partial charge in [0.15, 0.2) is 11.5 Å². The lowest BCUT2D eigenvalue weighted by molar-refractivity contribution is -0.131. The van der Waals surface area contributed by atoms with Crippen molar-refractivity contribution in [2.75, 3.05) is 34.0 Å². The fraction of sp³-hybridized carbons (Fsp3) is 0.750. The van der Waals surface area contributed by atoms with Gasteiger partial charge < -0.3 is 36.1 Å². The summed E-state index contributed by atoms with van der Waals surface area (Å²) in [6.45, 7) is 9.35. The molecular formula is C32H55N3O6. The number of ether oxygens (including phenoxy) is 3. The molecule has 0 bridgehead atoms. The number of aliphatic hydroxyl groups excluding tert-OH is 1. The second-order valence-electron chi connectivity index (χ2n) is 12.5. The molecule has 0 aromatic heterocycles. The van der Waals surface area contributed by atoms with Gasteiger partial charge in [-0.3, -0.25) is 9.59 Å². The molecule has 1 aliphatic carbocycles. The van der Waals surface area contributed by atoms with E-state index in [9.17, 15) is 14.7 Å². The van der Waals surface area contributed by atoms with E-state index >= 15 is 0 Å². The van der Waals surface area contributed by atoms with Gasteiger partial charge >= 0.3 is 0 Å². The molecule has 9 nitrogen and oxygen atoms in total. The third-order valence-corrected chi connectivity index (χ3v) is 8.87. The number of primary amides is 1. The van der Waals surface area contributed by atoms with E-state index in [1.54, 1.807) is 14.2 Å². The van der Waals surface area contributed by atoms with Gasteiger partial charge in [0.25, 0.3) is 0 Å². The summed E-state index contributed by atoms with van der Waals surface area (Å²) >= 11 is 0. The smallest absolute Gasteiger partial charge is 0.225 e. The van der Waals surface area contributed by atoms with E-state index in [-0.39, 0.29) is 36.6 Å². The number of methoxy groups -OCH3 is 2. The van der Waals surface area contributed by atoms with Gasteiger partial charge in [-0.25, -0.2) is 0 Å². The maximum atomic E-state index is 13.2. The standard InChI is InChI=1S/C32H55N3O6/c1-7-23(17-24-11-12-26(40-6)27(18-24)41-16-10-15-39-5)20-31(4,34)28(36)19-25(22(2)3)29(37)35-21-32(30(33)38)13-8-9-14-32/h11-12,18,22-23,25,28,36H,7-10,13-17,19-21,34H2,1-6H3,(H2,33,38)(H,35,37)/t23-,25-,28-,31-/m0/s1. The Hall–Kier alpha value is -2.36. The molecule has 1 aliphatic rings. The van der Waals surface area contributed by atoms with Gasteiger partial charge in [0.1, 0.15) is 0 Å². The Morgan fingerprint density at radius 2 is 1.83 bits per heavy atom. The first-order valence-electron chi connectivity index (χ1n) is 15.2. The number of hydrogen-bond donors (Lipinski definition) is 4. The topological polar surface area (TPSA) is 146 Å². The van der Waals surface area contributed by atoms with E-state index in [1.165, 1.54) is 0 Å². The van der Waals surface area contributed by atoms with Crippen LogP contribution in [0, 0.1) is 23.2 Å². The molecule has 0 heterocycles. The zero-order valence-electron chi connectivity index (χ0n) is 26.2. The van der Waals surface area contributed by atoms with Crippen LogP contribution in [0.5, 0.6) is 11.5 Å². The molecule has 1 aromatic carbocycles. The number of carbonyl (C=O) groups is 2. The summed E-state index contributed by atoms with van der Waals surface area (Å²) in [5.74, 6) is 0.664. The summed E-state index contributed by atoms with van der Waals surface area (Å²) in [6, 6.07) is 5.97. The summed E-state index contributed by atoms with van der Waals surface area (Å²) in [4.78, 5) is 25.4. The zero-order valence-corrected chi connectivity index (χ0v) is 26.2. The molecule has 0 unspecified atom stereocenters. The van der Waals surface area contributed by atoms with Crippen LogP contribution in [0.2, 0.25) is 0 Å². The van der Waals surface area contributed by atoms with Crippen LogP contribution in [-0.4, -0.2) is 62.5 Å². The summed E-state index contributed by atoms with van der Waals surface area (Å²) < 4.78 is 16.5. The highest BCUT2D eigenvalue weighted by Gasteiger charge is 2.41. The van der Waals surface area contributed by atoms with Gasteiger partial charge in [0.2, 0.25) is 11.8 Å². The van der Waals surface area contributed by atoms with Gasteiger partial charge in [-0.1, -0.05) is 46.1 Å². The van der Waals surface area contributed by atoms with Crippen molar-refractivity contribution in [3.63, 3.8) is 0 Å². The lowest BCUT2D eigenvalue weighted by Gasteiger charge is -2.36. The molecule has 0 spiro atoms. The maximum Gasteiger partial charge on any atom is 0.225 e. The van der Waals surface area contributed by atoms with Gasteiger partial charge in [-0.2, -0.15) is 0 Å². The number of amides is 2. The van der Waals surface area contributed by atoms with E-state index in [0.29, 0.717) is 44.0 Å². The Labute approximate surface area is 247 Å². The second kappa shape index (κ2) is 16.3. The van der Waals surface area contributed by atoms with Crippen molar-refractivity contribution in [1.29, 1.82) is 0 Å². The molecule has 1 aromatic rings. The predicted molar refractivity (Wildman–Crippen MR) is 162 cm³/mol. The Morgan fingerprint density at radius 1 is 1.15 bits per heavy atom. The number of rotatable bonds is 19. The molecule has 41 heavy (non-hydrogen) atoms. The Kier molecular flexibility index (Phi) is 13.9. The third kappa shape index (κ3) is 10.1. The minimum atomic E-state index is -0.889. The molecule has 0 saturated heterocycles. The van der Waals surface area contributed by atoms with Gasteiger partial charge in [0, 0.05) is 38.1 Å². The average Bonchev–Trinajstić information content (AvgIpc) is 3.42. The summed E-state index contributed by atoms with van der Waals surface area (Å²) in [5.41, 5.74) is 12.0. The fourth-order valence-corrected chi connectivity index (χ4v) is 5.94. The first-order valence-corrected chi connectivity index (χ1v) is 15.2. The highest BCUT2D eigenvalue weighted by atomic mass is 16.5. The van der Waals surface area contributed by atoms with Crippen LogP contribution in [0.4, 0.5) is 0 Å². The fourth-order valence-electron chi connectivity index (χ4n) is 5.94. The first-order chi connectivity index (χ1) is 19.4. The van der Waals surface area contributed by atoms with Crippen LogP contribution in [0.3, 0.4) is 0 Å². The van der Waals surface area contributed by atoms with Crippen molar-refractivity contribution in [2.45, 2.75) is 97.1 Å². The van der Waals surface area contributed by atoms with Crippen molar-refractivity contribution in [3.8, 4) is 11.5 Å². The van der Waals surface area contributed by atoms with Gasteiger partial charge in [0.05, 0.1) is 25.2 Å². The van der Waals surface area contributed by atoms with Crippen molar-refractivity contribution in [1.82, 2.24) is 5.32 Å². The lowest BCUT2D eigenvalue weighted by Crippen LogP contribution is -2.52. The number of hydrogen-bond acceptors (Lipinski definition) is 7. The molecule has 4 atom stereocenters. The lowest BCUT2D eigenvalue weighted by atomic mass is 9.77. The monoisotopic (exact) mass is 577 g/mol. The maximum absolute atomic E-state index is 13.2. The molecule has 234 valence electrons. The van der Waals surface area contributed by atoms with Crippen molar-refractivity contribution in [2.24, 2.45) is 34.6 Å². The van der Waals surface area contributed by atoms with E-state index in [4.69, 9.17) is 25.7 Å². The van der Waals surface area contributed by atoms with Crippen LogP contribution in [0.15, 0.2) is 18.2 Å². The molecule has 1 saturated carbocycles. The number of benzene rings is 1. The Bertz CT molecular complexity index is 961. The van der Waals surface area contributed by atoms with Crippen LogP contribution in [0.1, 0.15) is 84.6 Å². The number of carbonyl (C=O) groups excluding carboxylic acids is 2. The largest absolute Gasteiger partial charge is 0.493 e. The molecule has 2 amide bonds. The minimum Gasteiger partial charge on any atom is -0.493 e. The van der Waals surface area contributed by atoms with E-state index in [1.807, 2.05) is 39.0 Å². The summed E-state index contributed by atoms with van der Waals surface area (Å²) in [6.07, 6.45) is 5.70. The first kappa shape index (κ1) is 34.8. The molecular weight excluding hydrogens is 522 g/mol. The van der Waals surface area contributed by atoms with Crippen LogP contribution in [-0.2, 0) is 20.7 Å². The Morgan fingerprint density at radius 3 is 2.39 bits per heavy atom. The number of aliphatic hydroxyl groups is 1. The number of nitrogens with two attached hydrogens (primary N) is 2. The Balaban J connectivity index is 2.03. The summed E-state index contributed by atoms with van der Waals surface area (Å²) in [7, 11) is 3.30. The van der Waals surface area contributed by atoms with Crippen LogP contribution < -0.4 is 26.3 Å². The zero-order chi connectivity index (χ0) is 30.6. The van der Waals surface area contributed by atoms with Crippen LogP contribution in [0.25, 0.3) is 0 Å². The van der Waals surface area contributed by atoms with E-state index in [2.05, 4.69) is 12.2 Å². The molecule has 0 radical (unpaired) electrons. The van der Waals surface area contributed by atoms with E-state index < -0.39 is 23.0 Å². The van der Waals surface area contributed by atoms with Gasteiger partial charge in [-0.15, -0.1) is 0 Å². The van der Waals surface area contributed by atoms with Crippen molar-refractivity contribution >= 4 is 11.8 Å². The predicted octanol–water partition coefficient (Wildman–Crippen LogP) is 3.97.